The van der Waals surface area contributed by atoms with Crippen LogP contribution in [0.1, 0.15) is 50.7 Å². The minimum atomic E-state index is -4.44. The predicted octanol–water partition coefficient (Wildman–Crippen LogP) is 6.46. The summed E-state index contributed by atoms with van der Waals surface area (Å²) >= 11 is 0. The third-order valence-corrected chi connectivity index (χ3v) is 4.32. The third-order valence-electron chi connectivity index (χ3n) is 4.32. The lowest BCUT2D eigenvalue weighted by atomic mass is 9.97. The fraction of sp³-hybridized carbons (Fsp3) is 0.391. The van der Waals surface area contributed by atoms with Gasteiger partial charge in [-0.15, -0.1) is 5.92 Å². The number of hydrogen-bond donors (Lipinski definition) is 0. The molecule has 0 aliphatic carbocycles. The molecule has 0 heterocycles. The second-order valence-electron chi connectivity index (χ2n) is 6.48. The third kappa shape index (κ3) is 6.23. The number of alkyl halides is 3. The van der Waals surface area contributed by atoms with Gasteiger partial charge in [0, 0.05) is 12.3 Å². The van der Waals surface area contributed by atoms with Crippen molar-refractivity contribution < 1.29 is 22.6 Å². The molecule has 0 saturated heterocycles. The van der Waals surface area contributed by atoms with Gasteiger partial charge >= 0.3 is 6.18 Å². The van der Waals surface area contributed by atoms with Crippen molar-refractivity contribution in [3.63, 3.8) is 0 Å². The van der Waals surface area contributed by atoms with E-state index in [0.29, 0.717) is 18.8 Å². The molecule has 0 spiro atoms. The van der Waals surface area contributed by atoms with Gasteiger partial charge in [0.1, 0.15) is 11.5 Å². The highest BCUT2D eigenvalue weighted by Crippen LogP contribution is 2.36. The molecule has 0 fully saturated rings. The van der Waals surface area contributed by atoms with Crippen LogP contribution in [0.3, 0.4) is 0 Å². The first-order chi connectivity index (χ1) is 13.3. The van der Waals surface area contributed by atoms with Crippen molar-refractivity contribution >= 4 is 0 Å². The topological polar surface area (TPSA) is 18.5 Å². The van der Waals surface area contributed by atoms with E-state index in [1.807, 2.05) is 31.2 Å². The number of para-hydroxylation sites is 1. The maximum Gasteiger partial charge on any atom is 0.419 e. The molecule has 2 nitrogen and oxygen atoms in total. The van der Waals surface area contributed by atoms with Gasteiger partial charge < -0.3 is 9.47 Å². The molecule has 2 atom stereocenters. The highest BCUT2D eigenvalue weighted by Gasteiger charge is 2.34. The first-order valence-corrected chi connectivity index (χ1v) is 9.33. The van der Waals surface area contributed by atoms with Crippen molar-refractivity contribution in [1.82, 2.24) is 0 Å². The van der Waals surface area contributed by atoms with E-state index < -0.39 is 17.8 Å². The lowest BCUT2D eigenvalue weighted by Gasteiger charge is -2.19. The zero-order valence-electron chi connectivity index (χ0n) is 16.3. The van der Waals surface area contributed by atoms with Crippen LogP contribution in [0.15, 0.2) is 48.5 Å². The van der Waals surface area contributed by atoms with Crippen LogP contribution in [0.4, 0.5) is 13.2 Å². The van der Waals surface area contributed by atoms with Gasteiger partial charge in [0.2, 0.25) is 0 Å². The molecule has 0 N–H and O–H groups in total. The number of ether oxygens (including phenoxy) is 2. The molecule has 150 valence electrons. The highest BCUT2D eigenvalue weighted by atomic mass is 19.4. The van der Waals surface area contributed by atoms with E-state index in [2.05, 4.69) is 18.8 Å². The molecule has 28 heavy (non-hydrogen) atoms. The average Bonchev–Trinajstić information content (AvgIpc) is 2.66. The summed E-state index contributed by atoms with van der Waals surface area (Å²) in [6.45, 7) is 6.00. The van der Waals surface area contributed by atoms with E-state index in [1.165, 1.54) is 18.2 Å². The SMILES string of the molecule is CC#CC(CC)c1ccc(OCC[C@H](C)Oc2ccccc2C(F)(F)F)cc1. The van der Waals surface area contributed by atoms with Crippen molar-refractivity contribution in [2.45, 2.75) is 51.8 Å². The van der Waals surface area contributed by atoms with E-state index in [-0.39, 0.29) is 11.7 Å². The normalized spacial score (nSPS) is 13.2. The smallest absolute Gasteiger partial charge is 0.419 e. The molecule has 0 amide bonds. The Morgan fingerprint density at radius 1 is 1.04 bits per heavy atom. The average molecular weight is 390 g/mol. The van der Waals surface area contributed by atoms with Crippen molar-refractivity contribution in [2.75, 3.05) is 6.61 Å². The molecular formula is C23H25F3O2. The van der Waals surface area contributed by atoms with Crippen molar-refractivity contribution in [3.05, 3.63) is 59.7 Å². The van der Waals surface area contributed by atoms with E-state index in [4.69, 9.17) is 9.47 Å². The maximum absolute atomic E-state index is 13.0. The standard InChI is InChI=1S/C23H25F3O2/c1-4-8-18(5-2)19-11-13-20(14-12-19)27-16-15-17(3)28-22-10-7-6-9-21(22)23(24,25)26/h6-7,9-14,17-18H,5,15-16H2,1-3H3/t17-,18?/m0/s1. The Morgan fingerprint density at radius 2 is 1.71 bits per heavy atom. The van der Waals surface area contributed by atoms with Crippen LogP contribution < -0.4 is 9.47 Å². The maximum atomic E-state index is 13.0. The van der Waals surface area contributed by atoms with Gasteiger partial charge in [-0.2, -0.15) is 13.2 Å². The van der Waals surface area contributed by atoms with Crippen LogP contribution in [-0.4, -0.2) is 12.7 Å². The molecular weight excluding hydrogens is 365 g/mol. The van der Waals surface area contributed by atoms with Crippen LogP contribution >= 0.6 is 0 Å². The molecule has 0 bridgehead atoms. The fourth-order valence-corrected chi connectivity index (χ4v) is 2.81. The second-order valence-corrected chi connectivity index (χ2v) is 6.48. The molecule has 0 radical (unpaired) electrons. The zero-order valence-corrected chi connectivity index (χ0v) is 16.3. The Balaban J connectivity index is 1.87. The number of rotatable bonds is 8. The van der Waals surface area contributed by atoms with Gasteiger partial charge in [0.25, 0.3) is 0 Å². The van der Waals surface area contributed by atoms with Crippen LogP contribution in [0.25, 0.3) is 0 Å². The summed E-state index contributed by atoms with van der Waals surface area (Å²) in [5.41, 5.74) is 0.378. The first kappa shape index (κ1) is 21.7. The highest BCUT2D eigenvalue weighted by molar-refractivity contribution is 5.36. The van der Waals surface area contributed by atoms with E-state index >= 15 is 0 Å². The van der Waals surface area contributed by atoms with Crippen LogP contribution in [0.5, 0.6) is 11.5 Å². The number of hydrogen-bond acceptors (Lipinski definition) is 2. The minimum Gasteiger partial charge on any atom is -0.493 e. The van der Waals surface area contributed by atoms with E-state index in [9.17, 15) is 13.2 Å². The van der Waals surface area contributed by atoms with Crippen LogP contribution in [0.2, 0.25) is 0 Å². The molecule has 1 unspecified atom stereocenters. The van der Waals surface area contributed by atoms with Gasteiger partial charge in [0.05, 0.1) is 18.3 Å². The van der Waals surface area contributed by atoms with Crippen LogP contribution in [-0.2, 0) is 6.18 Å². The van der Waals surface area contributed by atoms with Crippen molar-refractivity contribution in [3.8, 4) is 23.3 Å². The summed E-state index contributed by atoms with van der Waals surface area (Å²) in [7, 11) is 0. The van der Waals surface area contributed by atoms with Crippen LogP contribution in [0, 0.1) is 11.8 Å². The molecule has 2 aromatic carbocycles. The monoisotopic (exact) mass is 390 g/mol. The van der Waals surface area contributed by atoms with Crippen molar-refractivity contribution in [1.29, 1.82) is 0 Å². The minimum absolute atomic E-state index is 0.158. The second kappa shape index (κ2) is 10.1. The largest absolute Gasteiger partial charge is 0.493 e. The zero-order chi connectivity index (χ0) is 20.6. The number of benzene rings is 2. The molecule has 2 aromatic rings. The summed E-state index contributed by atoms with van der Waals surface area (Å²) in [6, 6.07) is 13.0. The Bertz CT molecular complexity index is 801. The van der Waals surface area contributed by atoms with Gasteiger partial charge in [-0.25, -0.2) is 0 Å². The lowest BCUT2D eigenvalue weighted by Crippen LogP contribution is -2.18. The Kier molecular flexibility index (Phi) is 7.80. The number of halogens is 3. The molecule has 0 aliphatic rings. The molecule has 0 aromatic heterocycles. The Labute approximate surface area is 164 Å². The van der Waals surface area contributed by atoms with E-state index in [1.54, 1.807) is 6.92 Å². The fourth-order valence-electron chi connectivity index (χ4n) is 2.81. The van der Waals surface area contributed by atoms with E-state index in [0.717, 1.165) is 18.1 Å². The summed E-state index contributed by atoms with van der Waals surface area (Å²) in [5.74, 6) is 6.89. The predicted molar refractivity (Wildman–Crippen MR) is 105 cm³/mol. The van der Waals surface area contributed by atoms with Gasteiger partial charge in [-0.3, -0.25) is 0 Å². The summed E-state index contributed by atoms with van der Waals surface area (Å²) < 4.78 is 50.3. The van der Waals surface area contributed by atoms with Gasteiger partial charge in [-0.1, -0.05) is 37.1 Å². The molecule has 5 heteroatoms. The van der Waals surface area contributed by atoms with Crippen molar-refractivity contribution in [2.24, 2.45) is 0 Å². The Morgan fingerprint density at radius 3 is 2.32 bits per heavy atom. The molecule has 0 aliphatic heterocycles. The molecule has 0 saturated carbocycles. The summed E-state index contributed by atoms with van der Waals surface area (Å²) in [6.07, 6.45) is -3.44. The first-order valence-electron chi connectivity index (χ1n) is 9.33. The summed E-state index contributed by atoms with van der Waals surface area (Å²) in [5, 5.41) is 0. The van der Waals surface area contributed by atoms with Gasteiger partial charge in [0.15, 0.2) is 0 Å². The van der Waals surface area contributed by atoms with Gasteiger partial charge in [-0.05, 0) is 50.1 Å². The summed E-state index contributed by atoms with van der Waals surface area (Å²) in [4.78, 5) is 0. The molecule has 2 rings (SSSR count). The lowest BCUT2D eigenvalue weighted by molar-refractivity contribution is -0.139. The Hall–Kier alpha value is -2.61. The quantitative estimate of drug-likeness (QED) is 0.482.